The number of nitrogens with one attached hydrogen (secondary N) is 1. The summed E-state index contributed by atoms with van der Waals surface area (Å²) in [7, 11) is 0. The van der Waals surface area contributed by atoms with Crippen molar-refractivity contribution in [3.05, 3.63) is 42.5 Å². The predicted molar refractivity (Wildman–Crippen MR) is 74.9 cm³/mol. The predicted octanol–water partition coefficient (Wildman–Crippen LogP) is 2.77. The molecule has 1 rings (SSSR count). The number of hydrogen-bond acceptors (Lipinski definition) is 3. The van der Waals surface area contributed by atoms with Crippen LogP contribution in [-0.4, -0.2) is 25.9 Å². The molecule has 3 heteroatoms. The van der Waals surface area contributed by atoms with E-state index < -0.39 is 0 Å². The Morgan fingerprint density at radius 1 is 1.33 bits per heavy atom. The highest BCUT2D eigenvalue weighted by atomic mass is 16.5. The van der Waals surface area contributed by atoms with E-state index in [0.29, 0.717) is 6.61 Å². The Bertz CT molecular complexity index is 350. The standard InChI is InChI=1S/C15H23NO2/c1-4-10-18-15-8-6-5-7-14(15)12-16-9-11-17-13(2)3/h4-8,13,16H,1,9-12H2,2-3H3. The highest BCUT2D eigenvalue weighted by Gasteiger charge is 2.01. The first-order chi connectivity index (χ1) is 8.74. The molecule has 0 fully saturated rings. The summed E-state index contributed by atoms with van der Waals surface area (Å²) in [5, 5.41) is 3.34. The van der Waals surface area contributed by atoms with Crippen molar-refractivity contribution in [2.75, 3.05) is 19.8 Å². The third-order valence-corrected chi connectivity index (χ3v) is 2.37. The maximum Gasteiger partial charge on any atom is 0.124 e. The lowest BCUT2D eigenvalue weighted by Crippen LogP contribution is -2.21. The van der Waals surface area contributed by atoms with Gasteiger partial charge < -0.3 is 14.8 Å². The fourth-order valence-corrected chi connectivity index (χ4v) is 1.53. The summed E-state index contributed by atoms with van der Waals surface area (Å²) in [6.45, 7) is 10.6. The Balaban J connectivity index is 2.34. The fraction of sp³-hybridized carbons (Fsp3) is 0.467. The van der Waals surface area contributed by atoms with Crippen LogP contribution in [0.2, 0.25) is 0 Å². The summed E-state index contributed by atoms with van der Waals surface area (Å²) in [4.78, 5) is 0. The minimum atomic E-state index is 0.287. The number of benzene rings is 1. The Hall–Kier alpha value is -1.32. The first kappa shape index (κ1) is 14.7. The molecule has 0 heterocycles. The van der Waals surface area contributed by atoms with Crippen LogP contribution in [0.1, 0.15) is 19.4 Å². The average molecular weight is 249 g/mol. The lowest BCUT2D eigenvalue weighted by atomic mass is 10.2. The molecule has 0 atom stereocenters. The molecule has 1 aromatic carbocycles. The number of ether oxygens (including phenoxy) is 2. The van der Waals surface area contributed by atoms with Crippen LogP contribution in [0.25, 0.3) is 0 Å². The smallest absolute Gasteiger partial charge is 0.124 e. The van der Waals surface area contributed by atoms with Crippen LogP contribution in [-0.2, 0) is 11.3 Å². The molecule has 3 nitrogen and oxygen atoms in total. The summed E-state index contributed by atoms with van der Waals surface area (Å²) >= 11 is 0. The molecule has 0 aliphatic rings. The van der Waals surface area contributed by atoms with Gasteiger partial charge in [0.25, 0.3) is 0 Å². The molecule has 0 radical (unpaired) electrons. The Kier molecular flexibility index (Phi) is 7.14. The SMILES string of the molecule is C=CCOc1ccccc1CNCCOC(C)C. The molecule has 0 spiro atoms. The van der Waals surface area contributed by atoms with Gasteiger partial charge in [0.1, 0.15) is 12.4 Å². The molecule has 0 aliphatic heterocycles. The Morgan fingerprint density at radius 3 is 2.83 bits per heavy atom. The van der Waals surface area contributed by atoms with Crippen molar-refractivity contribution in [1.82, 2.24) is 5.32 Å². The van der Waals surface area contributed by atoms with E-state index in [-0.39, 0.29) is 6.10 Å². The third kappa shape index (κ3) is 5.84. The van der Waals surface area contributed by atoms with E-state index in [1.165, 1.54) is 0 Å². The second-order valence-corrected chi connectivity index (χ2v) is 4.30. The van der Waals surface area contributed by atoms with E-state index in [4.69, 9.17) is 9.47 Å². The highest BCUT2D eigenvalue weighted by Crippen LogP contribution is 2.17. The normalized spacial score (nSPS) is 10.6. The van der Waals surface area contributed by atoms with Crippen molar-refractivity contribution < 1.29 is 9.47 Å². The zero-order valence-corrected chi connectivity index (χ0v) is 11.3. The summed E-state index contributed by atoms with van der Waals surface area (Å²) in [5.74, 6) is 0.912. The topological polar surface area (TPSA) is 30.5 Å². The van der Waals surface area contributed by atoms with Crippen LogP contribution in [0.4, 0.5) is 0 Å². The van der Waals surface area contributed by atoms with Crippen molar-refractivity contribution in [2.24, 2.45) is 0 Å². The van der Waals surface area contributed by atoms with Gasteiger partial charge in [-0.3, -0.25) is 0 Å². The van der Waals surface area contributed by atoms with Gasteiger partial charge in [0.15, 0.2) is 0 Å². The Labute approximate surface area is 110 Å². The van der Waals surface area contributed by atoms with Crippen LogP contribution in [0.3, 0.4) is 0 Å². The van der Waals surface area contributed by atoms with Crippen LogP contribution in [0.5, 0.6) is 5.75 Å². The van der Waals surface area contributed by atoms with E-state index in [9.17, 15) is 0 Å². The van der Waals surface area contributed by atoms with Crippen LogP contribution in [0.15, 0.2) is 36.9 Å². The molecule has 0 saturated heterocycles. The molecular weight excluding hydrogens is 226 g/mol. The minimum Gasteiger partial charge on any atom is -0.489 e. The van der Waals surface area contributed by atoms with Crippen molar-refractivity contribution in [2.45, 2.75) is 26.5 Å². The number of para-hydroxylation sites is 1. The van der Waals surface area contributed by atoms with Crippen molar-refractivity contribution in [3.63, 3.8) is 0 Å². The molecule has 0 unspecified atom stereocenters. The van der Waals surface area contributed by atoms with Crippen molar-refractivity contribution in [3.8, 4) is 5.75 Å². The van der Waals surface area contributed by atoms with Crippen molar-refractivity contribution >= 4 is 0 Å². The zero-order chi connectivity index (χ0) is 13.2. The fourth-order valence-electron chi connectivity index (χ4n) is 1.53. The van der Waals surface area contributed by atoms with Gasteiger partial charge in [-0.2, -0.15) is 0 Å². The molecule has 1 aromatic rings. The summed E-state index contributed by atoms with van der Waals surface area (Å²) in [6.07, 6.45) is 2.04. The molecule has 0 aromatic heterocycles. The van der Waals surface area contributed by atoms with E-state index in [1.807, 2.05) is 32.0 Å². The van der Waals surface area contributed by atoms with E-state index in [1.54, 1.807) is 6.08 Å². The molecular formula is C15H23NO2. The molecule has 0 aliphatic carbocycles. The summed E-state index contributed by atoms with van der Waals surface area (Å²) in [5.41, 5.74) is 1.16. The average Bonchev–Trinajstić information content (AvgIpc) is 2.36. The molecule has 100 valence electrons. The molecule has 1 N–H and O–H groups in total. The van der Waals surface area contributed by atoms with Gasteiger partial charge in [-0.05, 0) is 19.9 Å². The Morgan fingerprint density at radius 2 is 2.11 bits per heavy atom. The summed E-state index contributed by atoms with van der Waals surface area (Å²) in [6, 6.07) is 8.03. The first-order valence-corrected chi connectivity index (χ1v) is 6.38. The van der Waals surface area contributed by atoms with Gasteiger partial charge in [-0.15, -0.1) is 0 Å². The van der Waals surface area contributed by atoms with Gasteiger partial charge in [-0.25, -0.2) is 0 Å². The quantitative estimate of drug-likeness (QED) is 0.539. The first-order valence-electron chi connectivity index (χ1n) is 6.38. The summed E-state index contributed by atoms with van der Waals surface area (Å²) < 4.78 is 11.1. The second-order valence-electron chi connectivity index (χ2n) is 4.30. The van der Waals surface area contributed by atoms with Gasteiger partial charge in [0.05, 0.1) is 12.7 Å². The van der Waals surface area contributed by atoms with Gasteiger partial charge >= 0.3 is 0 Å². The molecule has 0 amide bonds. The molecule has 0 bridgehead atoms. The second kappa shape index (κ2) is 8.72. The van der Waals surface area contributed by atoms with E-state index >= 15 is 0 Å². The maximum absolute atomic E-state index is 5.59. The number of rotatable bonds is 9. The minimum absolute atomic E-state index is 0.287. The maximum atomic E-state index is 5.59. The van der Waals surface area contributed by atoms with Crippen LogP contribution < -0.4 is 10.1 Å². The highest BCUT2D eigenvalue weighted by molar-refractivity contribution is 5.33. The molecule has 0 saturated carbocycles. The lowest BCUT2D eigenvalue weighted by molar-refractivity contribution is 0.0807. The van der Waals surface area contributed by atoms with Crippen LogP contribution in [0, 0.1) is 0 Å². The van der Waals surface area contributed by atoms with Gasteiger partial charge in [-0.1, -0.05) is 30.9 Å². The van der Waals surface area contributed by atoms with Gasteiger partial charge in [0, 0.05) is 18.7 Å². The van der Waals surface area contributed by atoms with E-state index in [2.05, 4.69) is 18.0 Å². The molecule has 18 heavy (non-hydrogen) atoms. The van der Waals surface area contributed by atoms with Gasteiger partial charge in [0.2, 0.25) is 0 Å². The van der Waals surface area contributed by atoms with Crippen molar-refractivity contribution in [1.29, 1.82) is 0 Å². The largest absolute Gasteiger partial charge is 0.489 e. The zero-order valence-electron chi connectivity index (χ0n) is 11.3. The van der Waals surface area contributed by atoms with Crippen LogP contribution >= 0.6 is 0 Å². The van der Waals surface area contributed by atoms with E-state index in [0.717, 1.165) is 31.0 Å². The third-order valence-electron chi connectivity index (χ3n) is 2.37. The lowest BCUT2D eigenvalue weighted by Gasteiger charge is -2.12. The monoisotopic (exact) mass is 249 g/mol. The number of hydrogen-bond donors (Lipinski definition) is 1.